The summed E-state index contributed by atoms with van der Waals surface area (Å²) in [5.74, 6) is 0.0303. The summed E-state index contributed by atoms with van der Waals surface area (Å²) in [4.78, 5) is 16.3. The van der Waals surface area contributed by atoms with Gasteiger partial charge < -0.3 is 15.5 Å². The Labute approximate surface area is 112 Å². The second-order valence-electron chi connectivity index (χ2n) is 4.89. The van der Waals surface area contributed by atoms with Crippen LogP contribution in [0.5, 0.6) is 0 Å². The number of likely N-dealkylation sites (N-methyl/N-ethyl adjacent to an activating group) is 1. The van der Waals surface area contributed by atoms with E-state index in [1.807, 2.05) is 19.0 Å². The molecule has 1 fully saturated rings. The summed E-state index contributed by atoms with van der Waals surface area (Å²) in [6.07, 6.45) is 1.02. The Morgan fingerprint density at radius 1 is 1.50 bits per heavy atom. The van der Waals surface area contributed by atoms with Gasteiger partial charge in [-0.05, 0) is 38.7 Å². The molecule has 0 radical (unpaired) electrons. The van der Waals surface area contributed by atoms with Crippen molar-refractivity contribution in [3.05, 3.63) is 28.8 Å². The van der Waals surface area contributed by atoms with Gasteiger partial charge in [0, 0.05) is 24.7 Å². The minimum atomic E-state index is 0.0303. The summed E-state index contributed by atoms with van der Waals surface area (Å²) in [6.45, 7) is 1.57. The largest absolute Gasteiger partial charge is 0.398 e. The molecule has 1 aliphatic rings. The minimum absolute atomic E-state index is 0.0303. The predicted molar refractivity (Wildman–Crippen MR) is 73.9 cm³/mol. The number of anilines is 1. The van der Waals surface area contributed by atoms with Crippen molar-refractivity contribution in [2.45, 2.75) is 12.5 Å². The highest BCUT2D eigenvalue weighted by molar-refractivity contribution is 6.33. The first kappa shape index (κ1) is 13.2. The fourth-order valence-corrected chi connectivity index (χ4v) is 2.32. The van der Waals surface area contributed by atoms with E-state index in [9.17, 15) is 4.79 Å². The van der Waals surface area contributed by atoms with Crippen LogP contribution in [0, 0.1) is 0 Å². The molecule has 18 heavy (non-hydrogen) atoms. The SMILES string of the molecule is CN(C)C1CCN(C(=O)c2ccc(Cl)c(N)c2)C1. The molecule has 0 saturated carbocycles. The third kappa shape index (κ3) is 2.60. The molecular weight excluding hydrogens is 250 g/mol. The van der Waals surface area contributed by atoms with E-state index in [1.165, 1.54) is 0 Å². The third-order valence-electron chi connectivity index (χ3n) is 3.42. The maximum absolute atomic E-state index is 12.3. The van der Waals surface area contributed by atoms with Gasteiger partial charge in [0.05, 0.1) is 10.7 Å². The molecule has 1 aromatic carbocycles. The summed E-state index contributed by atoms with van der Waals surface area (Å²) < 4.78 is 0. The van der Waals surface area contributed by atoms with E-state index >= 15 is 0 Å². The number of nitrogen functional groups attached to an aromatic ring is 1. The van der Waals surface area contributed by atoms with Crippen molar-refractivity contribution in [2.75, 3.05) is 32.9 Å². The molecule has 2 N–H and O–H groups in total. The standard InChI is InChI=1S/C13H18ClN3O/c1-16(2)10-5-6-17(8-10)13(18)9-3-4-11(14)12(15)7-9/h3-4,7,10H,5-6,8,15H2,1-2H3. The first-order chi connectivity index (χ1) is 8.49. The number of nitrogens with zero attached hydrogens (tertiary/aromatic N) is 2. The van der Waals surface area contributed by atoms with Crippen molar-refractivity contribution >= 4 is 23.2 Å². The van der Waals surface area contributed by atoms with Crippen LogP contribution in [0.15, 0.2) is 18.2 Å². The van der Waals surface area contributed by atoms with E-state index in [4.69, 9.17) is 17.3 Å². The Morgan fingerprint density at radius 3 is 2.78 bits per heavy atom. The van der Waals surface area contributed by atoms with Crippen LogP contribution < -0.4 is 5.73 Å². The molecular formula is C13H18ClN3O. The lowest BCUT2D eigenvalue weighted by Gasteiger charge is -2.20. The van der Waals surface area contributed by atoms with Gasteiger partial charge in [-0.3, -0.25) is 4.79 Å². The Morgan fingerprint density at radius 2 is 2.22 bits per heavy atom. The van der Waals surface area contributed by atoms with Gasteiger partial charge in [-0.1, -0.05) is 11.6 Å². The molecule has 1 saturated heterocycles. The highest BCUT2D eigenvalue weighted by Gasteiger charge is 2.28. The molecule has 1 aliphatic heterocycles. The van der Waals surface area contributed by atoms with Crippen molar-refractivity contribution in [1.82, 2.24) is 9.80 Å². The summed E-state index contributed by atoms with van der Waals surface area (Å²) in [7, 11) is 4.08. The number of carbonyl (C=O) groups excluding carboxylic acids is 1. The van der Waals surface area contributed by atoms with Crippen molar-refractivity contribution in [1.29, 1.82) is 0 Å². The molecule has 0 aromatic heterocycles. The maximum Gasteiger partial charge on any atom is 0.253 e. The van der Waals surface area contributed by atoms with Crippen LogP contribution in [0.3, 0.4) is 0 Å². The van der Waals surface area contributed by atoms with E-state index in [0.717, 1.165) is 19.5 Å². The van der Waals surface area contributed by atoms with Crippen LogP contribution in [0.2, 0.25) is 5.02 Å². The summed E-state index contributed by atoms with van der Waals surface area (Å²) in [6, 6.07) is 5.49. The summed E-state index contributed by atoms with van der Waals surface area (Å²) in [5, 5.41) is 0.485. The van der Waals surface area contributed by atoms with Crippen LogP contribution in [0.1, 0.15) is 16.8 Å². The maximum atomic E-state index is 12.3. The summed E-state index contributed by atoms with van der Waals surface area (Å²) in [5.41, 5.74) is 6.78. The first-order valence-electron chi connectivity index (χ1n) is 6.00. The monoisotopic (exact) mass is 267 g/mol. The number of amides is 1. The van der Waals surface area contributed by atoms with Crippen LogP contribution in [-0.2, 0) is 0 Å². The topological polar surface area (TPSA) is 49.6 Å². The number of rotatable bonds is 2. The molecule has 0 spiro atoms. The molecule has 98 valence electrons. The first-order valence-corrected chi connectivity index (χ1v) is 6.37. The zero-order valence-electron chi connectivity index (χ0n) is 10.7. The molecule has 4 nitrogen and oxygen atoms in total. The lowest BCUT2D eigenvalue weighted by atomic mass is 10.2. The Bertz CT molecular complexity index is 462. The van der Waals surface area contributed by atoms with Gasteiger partial charge in [0.15, 0.2) is 0 Å². The van der Waals surface area contributed by atoms with Crippen molar-refractivity contribution in [3.63, 3.8) is 0 Å². The Hall–Kier alpha value is -1.26. The molecule has 1 aromatic rings. The fraction of sp³-hybridized carbons (Fsp3) is 0.462. The number of likely N-dealkylation sites (tertiary alicyclic amines) is 1. The second-order valence-corrected chi connectivity index (χ2v) is 5.30. The average molecular weight is 268 g/mol. The van der Waals surface area contributed by atoms with Crippen LogP contribution in [0.4, 0.5) is 5.69 Å². The van der Waals surface area contributed by atoms with Gasteiger partial charge in [0.1, 0.15) is 0 Å². The predicted octanol–water partition coefficient (Wildman–Crippen LogP) is 1.70. The Kier molecular flexibility index (Phi) is 3.78. The van der Waals surface area contributed by atoms with Gasteiger partial charge >= 0.3 is 0 Å². The zero-order valence-corrected chi connectivity index (χ0v) is 11.4. The van der Waals surface area contributed by atoms with Gasteiger partial charge in [-0.25, -0.2) is 0 Å². The van der Waals surface area contributed by atoms with Gasteiger partial charge in [0.2, 0.25) is 0 Å². The molecule has 0 aliphatic carbocycles. The quantitative estimate of drug-likeness (QED) is 0.830. The Balaban J connectivity index is 2.10. The lowest BCUT2D eigenvalue weighted by Crippen LogP contribution is -2.34. The molecule has 2 rings (SSSR count). The summed E-state index contributed by atoms with van der Waals surface area (Å²) >= 11 is 5.85. The number of hydrogen-bond acceptors (Lipinski definition) is 3. The van der Waals surface area contributed by atoms with Crippen molar-refractivity contribution in [3.8, 4) is 0 Å². The highest BCUT2D eigenvalue weighted by Crippen LogP contribution is 2.22. The van der Waals surface area contributed by atoms with E-state index in [0.29, 0.717) is 22.3 Å². The van der Waals surface area contributed by atoms with Crippen LogP contribution in [-0.4, -0.2) is 48.9 Å². The molecule has 1 atom stereocenters. The van der Waals surface area contributed by atoms with Crippen LogP contribution in [0.25, 0.3) is 0 Å². The number of hydrogen-bond donors (Lipinski definition) is 1. The normalized spacial score (nSPS) is 19.6. The zero-order chi connectivity index (χ0) is 13.3. The molecule has 1 amide bonds. The van der Waals surface area contributed by atoms with Crippen LogP contribution >= 0.6 is 11.6 Å². The van der Waals surface area contributed by atoms with E-state index in [2.05, 4.69) is 4.90 Å². The van der Waals surface area contributed by atoms with Crippen molar-refractivity contribution < 1.29 is 4.79 Å². The molecule has 1 unspecified atom stereocenters. The highest BCUT2D eigenvalue weighted by atomic mass is 35.5. The van der Waals surface area contributed by atoms with Gasteiger partial charge in [-0.2, -0.15) is 0 Å². The van der Waals surface area contributed by atoms with E-state index in [1.54, 1.807) is 18.2 Å². The lowest BCUT2D eigenvalue weighted by molar-refractivity contribution is 0.0783. The fourth-order valence-electron chi connectivity index (χ4n) is 2.21. The number of carbonyl (C=O) groups is 1. The van der Waals surface area contributed by atoms with Crippen molar-refractivity contribution in [2.24, 2.45) is 0 Å². The molecule has 5 heteroatoms. The van der Waals surface area contributed by atoms with E-state index in [-0.39, 0.29) is 5.91 Å². The average Bonchev–Trinajstić information content (AvgIpc) is 2.81. The van der Waals surface area contributed by atoms with Gasteiger partial charge in [0.25, 0.3) is 5.91 Å². The minimum Gasteiger partial charge on any atom is -0.398 e. The van der Waals surface area contributed by atoms with Gasteiger partial charge in [-0.15, -0.1) is 0 Å². The number of benzene rings is 1. The second kappa shape index (κ2) is 5.16. The smallest absolute Gasteiger partial charge is 0.253 e. The molecule has 0 bridgehead atoms. The van der Waals surface area contributed by atoms with E-state index < -0.39 is 0 Å². The third-order valence-corrected chi connectivity index (χ3v) is 3.77. The number of nitrogens with two attached hydrogens (primary N) is 1. The molecule has 1 heterocycles. The number of halogens is 1.